The molecule has 34 heavy (non-hydrogen) atoms. The first-order valence-corrected chi connectivity index (χ1v) is 10.9. The van der Waals surface area contributed by atoms with E-state index in [0.29, 0.717) is 36.8 Å². The van der Waals surface area contributed by atoms with Gasteiger partial charge in [0.15, 0.2) is 0 Å². The van der Waals surface area contributed by atoms with Gasteiger partial charge in [-0.1, -0.05) is 0 Å². The predicted molar refractivity (Wildman–Crippen MR) is 129 cm³/mol. The Morgan fingerprint density at radius 1 is 1.03 bits per heavy atom. The van der Waals surface area contributed by atoms with Crippen LogP contribution in [0.15, 0.2) is 73.1 Å². The molecule has 0 saturated carbocycles. The molecule has 1 aliphatic heterocycles. The molecule has 3 N–H and O–H groups in total. The number of carbonyl (C=O) groups excluding carboxylic acids is 2. The highest BCUT2D eigenvalue weighted by Crippen LogP contribution is 2.24. The van der Waals surface area contributed by atoms with E-state index in [0.717, 1.165) is 11.4 Å². The molecule has 2 aromatic carbocycles. The normalized spacial score (nSPS) is 16.0. The lowest BCUT2D eigenvalue weighted by Crippen LogP contribution is -2.59. The van der Waals surface area contributed by atoms with Gasteiger partial charge in [0.1, 0.15) is 23.3 Å². The van der Waals surface area contributed by atoms with Crippen LogP contribution in [0.25, 0.3) is 0 Å². The Hall–Kier alpha value is -4.11. The molecule has 0 aliphatic carbocycles. The van der Waals surface area contributed by atoms with E-state index in [1.165, 1.54) is 0 Å². The van der Waals surface area contributed by atoms with E-state index in [9.17, 15) is 9.59 Å². The van der Waals surface area contributed by atoms with Crippen LogP contribution >= 0.6 is 0 Å². The molecule has 1 fully saturated rings. The lowest BCUT2D eigenvalue weighted by atomic mass is 10.1. The van der Waals surface area contributed by atoms with Crippen LogP contribution < -0.4 is 25.4 Å². The zero-order valence-corrected chi connectivity index (χ0v) is 18.9. The van der Waals surface area contributed by atoms with E-state index in [1.54, 1.807) is 49.8 Å². The van der Waals surface area contributed by atoms with Crippen molar-refractivity contribution >= 4 is 23.2 Å². The molecule has 1 atom stereocenters. The van der Waals surface area contributed by atoms with Crippen molar-refractivity contribution in [3.8, 4) is 17.2 Å². The fraction of sp³-hybridized carbons (Fsp3) is 0.240. The topological polar surface area (TPSA) is 110 Å². The Morgan fingerprint density at radius 2 is 1.76 bits per heavy atom. The number of benzene rings is 2. The molecule has 3 aromatic rings. The summed E-state index contributed by atoms with van der Waals surface area (Å²) in [5, 5.41) is 2.87. The maximum absolute atomic E-state index is 12.7. The summed E-state index contributed by atoms with van der Waals surface area (Å²) in [7, 11) is 1.62. The lowest BCUT2D eigenvalue weighted by molar-refractivity contribution is -0.125. The summed E-state index contributed by atoms with van der Waals surface area (Å²) in [4.78, 5) is 32.7. The van der Waals surface area contributed by atoms with Gasteiger partial charge in [0.25, 0.3) is 0 Å². The summed E-state index contributed by atoms with van der Waals surface area (Å²) < 4.78 is 10.9. The predicted octanol–water partition coefficient (Wildman–Crippen LogP) is 2.50. The number of pyridine rings is 1. The molecule has 0 radical (unpaired) electrons. The number of hydrogen-bond donors (Lipinski definition) is 2. The lowest BCUT2D eigenvalue weighted by Gasteiger charge is -2.40. The van der Waals surface area contributed by atoms with Crippen molar-refractivity contribution in [1.82, 2.24) is 9.88 Å². The number of nitrogens with two attached hydrogens (primary N) is 1. The number of ether oxygens (including phenoxy) is 2. The Balaban J connectivity index is 1.33. The molecule has 1 saturated heterocycles. The molecule has 2 heterocycles. The molecule has 9 heteroatoms. The second-order valence-corrected chi connectivity index (χ2v) is 7.90. The molecule has 1 aliphatic rings. The second kappa shape index (κ2) is 10.7. The molecule has 0 spiro atoms. The fourth-order valence-electron chi connectivity index (χ4n) is 3.84. The van der Waals surface area contributed by atoms with Crippen molar-refractivity contribution in [2.45, 2.75) is 6.04 Å². The Labute approximate surface area is 198 Å². The summed E-state index contributed by atoms with van der Waals surface area (Å²) in [6, 6.07) is 17.7. The highest BCUT2D eigenvalue weighted by molar-refractivity contribution is 5.93. The van der Waals surface area contributed by atoms with Crippen LogP contribution in [0.2, 0.25) is 0 Å². The number of nitrogens with zero attached hydrogens (tertiary/aromatic N) is 3. The van der Waals surface area contributed by atoms with Gasteiger partial charge in [-0.3, -0.25) is 19.5 Å². The van der Waals surface area contributed by atoms with Crippen LogP contribution in [0.1, 0.15) is 0 Å². The van der Waals surface area contributed by atoms with Crippen LogP contribution in [0.3, 0.4) is 0 Å². The number of amides is 2. The summed E-state index contributed by atoms with van der Waals surface area (Å²) in [6.07, 6.45) is 3.30. The van der Waals surface area contributed by atoms with Crippen LogP contribution in [0, 0.1) is 0 Å². The maximum atomic E-state index is 12.7. The van der Waals surface area contributed by atoms with Crippen molar-refractivity contribution in [3.05, 3.63) is 73.1 Å². The quantitative estimate of drug-likeness (QED) is 0.530. The molecule has 0 bridgehead atoms. The van der Waals surface area contributed by atoms with Gasteiger partial charge in [0, 0.05) is 37.2 Å². The largest absolute Gasteiger partial charge is 0.497 e. The van der Waals surface area contributed by atoms with E-state index in [-0.39, 0.29) is 12.5 Å². The van der Waals surface area contributed by atoms with Crippen molar-refractivity contribution in [2.24, 2.45) is 5.73 Å². The van der Waals surface area contributed by atoms with Crippen LogP contribution in [-0.4, -0.2) is 61.0 Å². The highest BCUT2D eigenvalue weighted by atomic mass is 16.5. The fourth-order valence-corrected chi connectivity index (χ4v) is 3.84. The zero-order chi connectivity index (χ0) is 23.9. The number of anilines is 2. The maximum Gasteiger partial charge on any atom is 0.238 e. The molecular formula is C25H27N5O4. The monoisotopic (exact) mass is 461 g/mol. The number of primary amides is 1. The molecule has 4 rings (SSSR count). The standard InChI is InChI=1S/C25H27N5O4/c1-33-20-10-6-19(7-11-20)29-13-14-30(23(16-29)25(26)32)17-24(31)28-18-4-8-21(9-5-18)34-22-3-2-12-27-15-22/h2-12,15,23H,13-14,16-17H2,1H3,(H2,26,32)(H,28,31)/t23-/m1/s1. The summed E-state index contributed by atoms with van der Waals surface area (Å²) >= 11 is 0. The molecule has 176 valence electrons. The smallest absolute Gasteiger partial charge is 0.238 e. The molecule has 1 aromatic heterocycles. The average molecular weight is 462 g/mol. The first-order valence-electron chi connectivity index (χ1n) is 10.9. The van der Waals surface area contributed by atoms with Crippen LogP contribution in [-0.2, 0) is 9.59 Å². The minimum Gasteiger partial charge on any atom is -0.497 e. The molecule has 9 nitrogen and oxygen atoms in total. The Bertz CT molecular complexity index is 1110. The van der Waals surface area contributed by atoms with E-state index in [4.69, 9.17) is 15.2 Å². The first kappa shape index (κ1) is 23.1. The third-order valence-corrected chi connectivity index (χ3v) is 5.61. The van der Waals surface area contributed by atoms with Gasteiger partial charge in [0.05, 0.1) is 19.9 Å². The van der Waals surface area contributed by atoms with Crippen molar-refractivity contribution in [3.63, 3.8) is 0 Å². The third-order valence-electron chi connectivity index (χ3n) is 5.61. The zero-order valence-electron chi connectivity index (χ0n) is 18.9. The summed E-state index contributed by atoms with van der Waals surface area (Å²) in [5.74, 6) is 1.36. The summed E-state index contributed by atoms with van der Waals surface area (Å²) in [6.45, 7) is 1.68. The van der Waals surface area contributed by atoms with Gasteiger partial charge >= 0.3 is 0 Å². The van der Waals surface area contributed by atoms with Gasteiger partial charge in [-0.05, 0) is 60.7 Å². The number of hydrogen-bond acceptors (Lipinski definition) is 7. The van der Waals surface area contributed by atoms with Gasteiger partial charge < -0.3 is 25.4 Å². The number of rotatable bonds is 8. The number of methoxy groups -OCH3 is 1. The van der Waals surface area contributed by atoms with Crippen molar-refractivity contribution in [1.29, 1.82) is 0 Å². The number of nitrogens with one attached hydrogen (secondary N) is 1. The number of carbonyl (C=O) groups is 2. The number of aromatic nitrogens is 1. The molecule has 0 unspecified atom stereocenters. The highest BCUT2D eigenvalue weighted by Gasteiger charge is 2.32. The average Bonchev–Trinajstić information content (AvgIpc) is 2.86. The minimum absolute atomic E-state index is 0.0675. The van der Waals surface area contributed by atoms with E-state index < -0.39 is 11.9 Å². The van der Waals surface area contributed by atoms with Crippen molar-refractivity contribution in [2.75, 3.05) is 43.5 Å². The number of piperazine rings is 1. The first-order chi connectivity index (χ1) is 16.5. The molecule has 2 amide bonds. The van der Waals surface area contributed by atoms with Gasteiger partial charge in [-0.15, -0.1) is 0 Å². The third kappa shape index (κ3) is 5.81. The Kier molecular flexibility index (Phi) is 7.24. The van der Waals surface area contributed by atoms with E-state index in [1.807, 2.05) is 35.2 Å². The summed E-state index contributed by atoms with van der Waals surface area (Å²) in [5.41, 5.74) is 7.29. The minimum atomic E-state index is -0.572. The van der Waals surface area contributed by atoms with Crippen LogP contribution in [0.4, 0.5) is 11.4 Å². The van der Waals surface area contributed by atoms with Gasteiger partial charge in [-0.25, -0.2) is 0 Å². The Morgan fingerprint density at radius 3 is 2.41 bits per heavy atom. The van der Waals surface area contributed by atoms with Crippen molar-refractivity contribution < 1.29 is 19.1 Å². The van der Waals surface area contributed by atoms with Crippen LogP contribution in [0.5, 0.6) is 17.2 Å². The van der Waals surface area contributed by atoms with E-state index >= 15 is 0 Å². The van der Waals surface area contributed by atoms with Gasteiger partial charge in [0.2, 0.25) is 11.8 Å². The van der Waals surface area contributed by atoms with E-state index in [2.05, 4.69) is 15.2 Å². The molecular weight excluding hydrogens is 434 g/mol. The SMILES string of the molecule is COc1ccc(N2CCN(CC(=O)Nc3ccc(Oc4cccnc4)cc3)[C@@H](C(N)=O)C2)cc1. The second-order valence-electron chi connectivity index (χ2n) is 7.90. The van der Waals surface area contributed by atoms with Gasteiger partial charge in [-0.2, -0.15) is 0 Å².